The Morgan fingerprint density at radius 1 is 1.50 bits per heavy atom. The van der Waals surface area contributed by atoms with Gasteiger partial charge in [0.05, 0.1) is 6.61 Å². The van der Waals surface area contributed by atoms with Gasteiger partial charge >= 0.3 is 0 Å². The maximum absolute atomic E-state index is 9.10. The van der Waals surface area contributed by atoms with Crippen LogP contribution >= 0.6 is 0 Å². The molecule has 0 saturated carbocycles. The molecule has 2 rings (SSSR count). The summed E-state index contributed by atoms with van der Waals surface area (Å²) in [6, 6.07) is 6.20. The van der Waals surface area contributed by atoms with Crippen LogP contribution < -0.4 is 10.1 Å². The molecule has 0 aliphatic carbocycles. The molecular weight excluding hydrogens is 202 g/mol. The van der Waals surface area contributed by atoms with Crippen molar-refractivity contribution in [1.82, 2.24) is 0 Å². The number of anilines is 1. The van der Waals surface area contributed by atoms with E-state index in [4.69, 9.17) is 9.84 Å². The van der Waals surface area contributed by atoms with E-state index in [9.17, 15) is 0 Å². The van der Waals surface area contributed by atoms with Gasteiger partial charge in [-0.3, -0.25) is 0 Å². The van der Waals surface area contributed by atoms with Crippen LogP contribution in [0.15, 0.2) is 18.2 Å². The molecule has 0 bridgehead atoms. The summed E-state index contributed by atoms with van der Waals surface area (Å²) in [7, 11) is 0. The molecule has 3 heteroatoms. The Morgan fingerprint density at radius 2 is 2.38 bits per heavy atom. The first-order chi connectivity index (χ1) is 7.83. The predicted molar refractivity (Wildman–Crippen MR) is 65.0 cm³/mol. The molecular formula is C13H19NO2. The van der Waals surface area contributed by atoms with Crippen LogP contribution in [0.25, 0.3) is 0 Å². The van der Waals surface area contributed by atoms with Crippen LogP contribution in [0.4, 0.5) is 5.69 Å². The third-order valence-electron chi connectivity index (χ3n) is 3.12. The molecule has 1 atom stereocenters. The lowest BCUT2D eigenvalue weighted by molar-refractivity contribution is 0.230. The van der Waals surface area contributed by atoms with Crippen LogP contribution in [0, 0.1) is 5.92 Å². The van der Waals surface area contributed by atoms with Crippen molar-refractivity contribution >= 4 is 5.69 Å². The minimum atomic E-state index is 0.248. The molecule has 1 heterocycles. The van der Waals surface area contributed by atoms with E-state index in [2.05, 4.69) is 18.3 Å². The predicted octanol–water partition coefficient (Wildman–Crippen LogP) is 2.05. The number of rotatable bonds is 5. The zero-order chi connectivity index (χ0) is 11.4. The molecule has 3 nitrogen and oxygen atoms in total. The molecule has 88 valence electrons. The van der Waals surface area contributed by atoms with Crippen LogP contribution in [0.3, 0.4) is 0 Å². The molecule has 1 unspecified atom stereocenters. The Morgan fingerprint density at radius 3 is 3.12 bits per heavy atom. The summed E-state index contributed by atoms with van der Waals surface area (Å²) in [5.41, 5.74) is 2.40. The minimum Gasteiger partial charge on any atom is -0.493 e. The van der Waals surface area contributed by atoms with Crippen molar-refractivity contribution in [3.8, 4) is 5.75 Å². The summed E-state index contributed by atoms with van der Waals surface area (Å²) in [4.78, 5) is 0. The molecule has 0 saturated heterocycles. The van der Waals surface area contributed by atoms with E-state index in [1.807, 2.05) is 12.1 Å². The molecule has 0 amide bonds. The number of aliphatic hydroxyl groups excluding tert-OH is 1. The average Bonchev–Trinajstić information content (AvgIpc) is 2.77. The lowest BCUT2D eigenvalue weighted by atomic mass is 10.1. The van der Waals surface area contributed by atoms with Crippen LogP contribution in [0.2, 0.25) is 0 Å². The number of hydrogen-bond acceptors (Lipinski definition) is 3. The summed E-state index contributed by atoms with van der Waals surface area (Å²) in [5, 5.41) is 12.5. The van der Waals surface area contributed by atoms with Crippen LogP contribution in [-0.2, 0) is 6.42 Å². The fraction of sp³-hybridized carbons (Fsp3) is 0.538. The van der Waals surface area contributed by atoms with Gasteiger partial charge in [-0.15, -0.1) is 0 Å². The third-order valence-corrected chi connectivity index (χ3v) is 3.12. The van der Waals surface area contributed by atoms with Crippen molar-refractivity contribution in [3.05, 3.63) is 23.8 Å². The highest BCUT2D eigenvalue weighted by molar-refractivity contribution is 5.52. The Labute approximate surface area is 96.4 Å². The molecule has 16 heavy (non-hydrogen) atoms. The SMILES string of the molecule is CCC(CO)CNc1ccc2c(c1)CCO2. The van der Waals surface area contributed by atoms with E-state index in [-0.39, 0.29) is 6.61 Å². The summed E-state index contributed by atoms with van der Waals surface area (Å²) in [6.45, 7) is 3.97. The Hall–Kier alpha value is -1.22. The lowest BCUT2D eigenvalue weighted by Gasteiger charge is -2.14. The first-order valence-electron chi connectivity index (χ1n) is 5.94. The number of hydrogen-bond donors (Lipinski definition) is 2. The quantitative estimate of drug-likeness (QED) is 0.799. The third kappa shape index (κ3) is 2.47. The smallest absolute Gasteiger partial charge is 0.122 e. The number of aliphatic hydroxyl groups is 1. The highest BCUT2D eigenvalue weighted by Crippen LogP contribution is 2.27. The second-order valence-corrected chi connectivity index (χ2v) is 4.26. The van der Waals surface area contributed by atoms with Crippen LogP contribution in [0.5, 0.6) is 5.75 Å². The average molecular weight is 221 g/mol. The second-order valence-electron chi connectivity index (χ2n) is 4.26. The molecule has 0 fully saturated rings. The van der Waals surface area contributed by atoms with Gasteiger partial charge in [0.2, 0.25) is 0 Å². The highest BCUT2D eigenvalue weighted by atomic mass is 16.5. The van der Waals surface area contributed by atoms with Crippen LogP contribution in [-0.4, -0.2) is 24.9 Å². The number of nitrogens with one attached hydrogen (secondary N) is 1. The summed E-state index contributed by atoms with van der Waals surface area (Å²) >= 11 is 0. The van der Waals surface area contributed by atoms with Crippen molar-refractivity contribution < 1.29 is 9.84 Å². The Bertz CT molecular complexity index is 348. The maximum atomic E-state index is 9.10. The van der Waals surface area contributed by atoms with Gasteiger partial charge in [-0.05, 0) is 36.1 Å². The van der Waals surface area contributed by atoms with Gasteiger partial charge in [-0.1, -0.05) is 6.92 Å². The minimum absolute atomic E-state index is 0.248. The molecule has 1 aliphatic rings. The molecule has 1 aromatic carbocycles. The van der Waals surface area contributed by atoms with Gasteiger partial charge in [-0.25, -0.2) is 0 Å². The van der Waals surface area contributed by atoms with Gasteiger partial charge in [0.1, 0.15) is 5.75 Å². The topological polar surface area (TPSA) is 41.5 Å². The maximum Gasteiger partial charge on any atom is 0.122 e. The van der Waals surface area contributed by atoms with Crippen molar-refractivity contribution in [2.45, 2.75) is 19.8 Å². The van der Waals surface area contributed by atoms with Crippen molar-refractivity contribution in [1.29, 1.82) is 0 Å². The number of fused-ring (bicyclic) bond motifs is 1. The molecule has 2 N–H and O–H groups in total. The van der Waals surface area contributed by atoms with Gasteiger partial charge < -0.3 is 15.2 Å². The van der Waals surface area contributed by atoms with E-state index in [0.717, 1.165) is 37.4 Å². The van der Waals surface area contributed by atoms with Gasteiger partial charge in [0.25, 0.3) is 0 Å². The molecule has 1 aliphatic heterocycles. The van der Waals surface area contributed by atoms with Gasteiger partial charge in [0, 0.05) is 25.3 Å². The number of benzene rings is 1. The Balaban J connectivity index is 1.95. The van der Waals surface area contributed by atoms with Gasteiger partial charge in [-0.2, -0.15) is 0 Å². The summed E-state index contributed by atoms with van der Waals surface area (Å²) < 4.78 is 5.45. The molecule has 0 radical (unpaired) electrons. The van der Waals surface area contributed by atoms with E-state index in [1.165, 1.54) is 5.56 Å². The standard InChI is InChI=1S/C13H19NO2/c1-2-10(9-15)8-14-12-3-4-13-11(7-12)5-6-16-13/h3-4,7,10,14-15H,2,5-6,8-9H2,1H3. The zero-order valence-corrected chi connectivity index (χ0v) is 9.70. The number of ether oxygens (including phenoxy) is 1. The van der Waals surface area contributed by atoms with Crippen molar-refractivity contribution in [2.75, 3.05) is 25.1 Å². The summed E-state index contributed by atoms with van der Waals surface area (Å²) in [5.74, 6) is 1.35. The molecule has 1 aromatic rings. The molecule has 0 spiro atoms. The largest absolute Gasteiger partial charge is 0.493 e. The van der Waals surface area contributed by atoms with E-state index >= 15 is 0 Å². The lowest BCUT2D eigenvalue weighted by Crippen LogP contribution is -2.16. The fourth-order valence-corrected chi connectivity index (χ4v) is 1.90. The normalized spacial score (nSPS) is 15.4. The van der Waals surface area contributed by atoms with Crippen molar-refractivity contribution in [3.63, 3.8) is 0 Å². The van der Waals surface area contributed by atoms with E-state index in [0.29, 0.717) is 5.92 Å². The summed E-state index contributed by atoms with van der Waals surface area (Å²) in [6.07, 6.45) is 2.00. The Kier molecular flexibility index (Phi) is 3.67. The van der Waals surface area contributed by atoms with Gasteiger partial charge in [0.15, 0.2) is 0 Å². The fourth-order valence-electron chi connectivity index (χ4n) is 1.90. The van der Waals surface area contributed by atoms with Crippen molar-refractivity contribution in [2.24, 2.45) is 5.92 Å². The van der Waals surface area contributed by atoms with Crippen LogP contribution in [0.1, 0.15) is 18.9 Å². The van der Waals surface area contributed by atoms with E-state index in [1.54, 1.807) is 0 Å². The second kappa shape index (κ2) is 5.21. The first kappa shape index (κ1) is 11.3. The molecule has 0 aromatic heterocycles. The monoisotopic (exact) mass is 221 g/mol. The first-order valence-corrected chi connectivity index (χ1v) is 5.94. The van der Waals surface area contributed by atoms with E-state index < -0.39 is 0 Å². The highest BCUT2D eigenvalue weighted by Gasteiger charge is 2.12. The zero-order valence-electron chi connectivity index (χ0n) is 9.70.